The molecule has 0 spiro atoms. The Bertz CT molecular complexity index is 670. The predicted octanol–water partition coefficient (Wildman–Crippen LogP) is 6.14. The van der Waals surface area contributed by atoms with Crippen LogP contribution < -0.4 is 0 Å². The quantitative estimate of drug-likeness (QED) is 0.706. The zero-order valence-electron chi connectivity index (χ0n) is 15.6. The van der Waals surface area contributed by atoms with Crippen molar-refractivity contribution >= 4 is 0 Å². The van der Waals surface area contributed by atoms with Crippen LogP contribution in [0.2, 0.25) is 0 Å². The van der Waals surface area contributed by atoms with Crippen LogP contribution in [0.1, 0.15) is 76.6 Å². The summed E-state index contributed by atoms with van der Waals surface area (Å²) in [6.45, 7) is 15.6. The molecular formula is C22H30O. The molecule has 1 N–H and O–H groups in total. The minimum atomic E-state index is -0.0280. The van der Waals surface area contributed by atoms with Crippen molar-refractivity contribution in [3.63, 3.8) is 0 Å². The molecule has 2 rings (SSSR count). The molecule has 1 nitrogen and oxygen atoms in total. The molecule has 2 aromatic rings. The van der Waals surface area contributed by atoms with Gasteiger partial charge in [-0.3, -0.25) is 0 Å². The molecular weight excluding hydrogens is 280 g/mol. The van der Waals surface area contributed by atoms with Crippen LogP contribution in [0.5, 0.6) is 5.75 Å². The van der Waals surface area contributed by atoms with E-state index in [4.69, 9.17) is 0 Å². The third kappa shape index (κ3) is 3.60. The highest BCUT2D eigenvalue weighted by Crippen LogP contribution is 2.44. The molecule has 0 aliphatic heterocycles. The Labute approximate surface area is 141 Å². The van der Waals surface area contributed by atoms with Gasteiger partial charge in [0, 0.05) is 11.5 Å². The Hall–Kier alpha value is -1.76. The number of phenols is 1. The summed E-state index contributed by atoms with van der Waals surface area (Å²) in [5, 5.41) is 10.7. The normalized spacial score (nSPS) is 13.9. The Morgan fingerprint density at radius 1 is 0.783 bits per heavy atom. The lowest BCUT2D eigenvalue weighted by Crippen LogP contribution is -2.24. The molecule has 1 unspecified atom stereocenters. The van der Waals surface area contributed by atoms with Crippen molar-refractivity contribution in [2.75, 3.05) is 0 Å². The Morgan fingerprint density at radius 3 is 1.83 bits per heavy atom. The average molecular weight is 310 g/mol. The van der Waals surface area contributed by atoms with Gasteiger partial charge in [-0.1, -0.05) is 84.9 Å². The van der Waals surface area contributed by atoms with E-state index in [0.29, 0.717) is 5.75 Å². The predicted molar refractivity (Wildman–Crippen MR) is 99.5 cm³/mol. The van der Waals surface area contributed by atoms with E-state index in [-0.39, 0.29) is 16.7 Å². The van der Waals surface area contributed by atoms with E-state index in [1.54, 1.807) is 0 Å². The molecule has 0 heterocycles. The molecule has 0 aliphatic rings. The van der Waals surface area contributed by atoms with Crippen LogP contribution in [0.15, 0.2) is 42.5 Å². The molecule has 0 saturated carbocycles. The number of benzene rings is 2. The molecule has 0 aromatic heterocycles. The van der Waals surface area contributed by atoms with Crippen LogP contribution in [-0.4, -0.2) is 5.11 Å². The van der Waals surface area contributed by atoms with Gasteiger partial charge in [-0.15, -0.1) is 0 Å². The van der Waals surface area contributed by atoms with Gasteiger partial charge < -0.3 is 5.11 Å². The zero-order valence-corrected chi connectivity index (χ0v) is 15.6. The second kappa shape index (κ2) is 6.03. The fourth-order valence-corrected chi connectivity index (χ4v) is 3.39. The molecule has 0 radical (unpaired) electrons. The van der Waals surface area contributed by atoms with Gasteiger partial charge in [-0.25, -0.2) is 0 Å². The number of hydrogen-bond donors (Lipinski definition) is 1. The third-order valence-electron chi connectivity index (χ3n) is 4.51. The number of phenolic OH excluding ortho intramolecular Hbond substituents is 1. The van der Waals surface area contributed by atoms with Gasteiger partial charge in [0.2, 0.25) is 0 Å². The molecule has 0 bridgehead atoms. The fourth-order valence-electron chi connectivity index (χ4n) is 3.39. The van der Waals surface area contributed by atoms with Gasteiger partial charge in [-0.2, -0.15) is 0 Å². The van der Waals surface area contributed by atoms with Crippen LogP contribution in [-0.2, 0) is 10.8 Å². The van der Waals surface area contributed by atoms with E-state index in [0.717, 1.165) is 5.56 Å². The third-order valence-corrected chi connectivity index (χ3v) is 4.51. The second-order valence-electron chi connectivity index (χ2n) is 8.55. The Kier molecular flexibility index (Phi) is 4.61. The average Bonchev–Trinajstić information content (AvgIpc) is 2.45. The highest BCUT2D eigenvalue weighted by Gasteiger charge is 2.31. The van der Waals surface area contributed by atoms with Crippen LogP contribution >= 0.6 is 0 Å². The van der Waals surface area contributed by atoms with Crippen molar-refractivity contribution in [2.24, 2.45) is 0 Å². The highest BCUT2D eigenvalue weighted by atomic mass is 16.3. The van der Waals surface area contributed by atoms with E-state index in [2.05, 4.69) is 78.8 Å². The first-order chi connectivity index (χ1) is 10.5. The highest BCUT2D eigenvalue weighted by molar-refractivity contribution is 5.54. The van der Waals surface area contributed by atoms with Crippen molar-refractivity contribution in [3.05, 3.63) is 64.7 Å². The summed E-state index contributed by atoms with van der Waals surface area (Å²) in [5.74, 6) is 0.562. The van der Waals surface area contributed by atoms with Crippen molar-refractivity contribution in [2.45, 2.75) is 65.2 Å². The lowest BCUT2D eigenvalue weighted by Gasteiger charge is -2.34. The lowest BCUT2D eigenvalue weighted by molar-refractivity contribution is 0.453. The summed E-state index contributed by atoms with van der Waals surface area (Å²) in [7, 11) is 0. The van der Waals surface area contributed by atoms with Gasteiger partial charge in [-0.05, 0) is 33.6 Å². The molecule has 0 fully saturated rings. The van der Waals surface area contributed by atoms with Crippen LogP contribution in [0, 0.1) is 0 Å². The van der Waals surface area contributed by atoms with Crippen molar-refractivity contribution in [1.29, 1.82) is 0 Å². The smallest absolute Gasteiger partial charge is 0.119 e. The van der Waals surface area contributed by atoms with Gasteiger partial charge in [0.15, 0.2) is 0 Å². The molecule has 0 amide bonds. The topological polar surface area (TPSA) is 20.2 Å². The minimum absolute atomic E-state index is 0.0280. The van der Waals surface area contributed by atoms with E-state index < -0.39 is 0 Å². The first-order valence-corrected chi connectivity index (χ1v) is 8.45. The summed E-state index contributed by atoms with van der Waals surface area (Å²) in [6, 6.07) is 14.4. The largest absolute Gasteiger partial charge is 0.508 e. The van der Waals surface area contributed by atoms with Crippen LogP contribution in [0.4, 0.5) is 0 Å². The maximum Gasteiger partial charge on any atom is 0.119 e. The van der Waals surface area contributed by atoms with Crippen molar-refractivity contribution < 1.29 is 5.11 Å². The summed E-state index contributed by atoms with van der Waals surface area (Å²) >= 11 is 0. The SMILES string of the molecule is CC(c1ccccc1)c1c(O)ccc(C(C)(C)C)c1C(C)(C)C. The molecule has 1 atom stereocenters. The van der Waals surface area contributed by atoms with Crippen LogP contribution in [0.3, 0.4) is 0 Å². The summed E-state index contributed by atoms with van der Waals surface area (Å²) in [5.41, 5.74) is 4.92. The molecule has 1 heteroatoms. The van der Waals surface area contributed by atoms with Crippen molar-refractivity contribution in [3.8, 4) is 5.75 Å². The maximum absolute atomic E-state index is 10.7. The Balaban J connectivity index is 2.77. The minimum Gasteiger partial charge on any atom is -0.508 e. The molecule has 0 aliphatic carbocycles. The molecule has 2 aromatic carbocycles. The van der Waals surface area contributed by atoms with Gasteiger partial charge in [0.05, 0.1) is 0 Å². The molecule has 23 heavy (non-hydrogen) atoms. The van der Waals surface area contributed by atoms with Crippen LogP contribution in [0.25, 0.3) is 0 Å². The van der Waals surface area contributed by atoms with Gasteiger partial charge in [0.1, 0.15) is 5.75 Å². The monoisotopic (exact) mass is 310 g/mol. The van der Waals surface area contributed by atoms with E-state index >= 15 is 0 Å². The first-order valence-electron chi connectivity index (χ1n) is 8.45. The Morgan fingerprint density at radius 2 is 1.35 bits per heavy atom. The van der Waals surface area contributed by atoms with E-state index in [1.165, 1.54) is 16.7 Å². The summed E-state index contributed by atoms with van der Waals surface area (Å²) in [6.07, 6.45) is 0. The second-order valence-corrected chi connectivity index (χ2v) is 8.55. The number of hydrogen-bond acceptors (Lipinski definition) is 1. The zero-order chi connectivity index (χ0) is 17.4. The summed E-state index contributed by atoms with van der Waals surface area (Å²) in [4.78, 5) is 0. The first kappa shape index (κ1) is 17.6. The maximum atomic E-state index is 10.7. The molecule has 0 saturated heterocycles. The van der Waals surface area contributed by atoms with E-state index in [1.807, 2.05) is 12.1 Å². The van der Waals surface area contributed by atoms with Gasteiger partial charge >= 0.3 is 0 Å². The fraction of sp³-hybridized carbons (Fsp3) is 0.455. The summed E-state index contributed by atoms with van der Waals surface area (Å²) < 4.78 is 0. The number of rotatable bonds is 2. The molecule has 124 valence electrons. The van der Waals surface area contributed by atoms with Crippen molar-refractivity contribution in [1.82, 2.24) is 0 Å². The number of aromatic hydroxyl groups is 1. The standard InChI is InChI=1S/C22H30O/c1-15(16-11-9-8-10-12-16)19-18(23)14-13-17(21(2,3)4)20(19)22(5,6)7/h8-15,23H,1-7H3. The lowest BCUT2D eigenvalue weighted by atomic mass is 9.70. The van der Waals surface area contributed by atoms with E-state index in [9.17, 15) is 5.11 Å². The van der Waals surface area contributed by atoms with Gasteiger partial charge in [0.25, 0.3) is 0 Å².